The van der Waals surface area contributed by atoms with Gasteiger partial charge < -0.3 is 24.3 Å². The van der Waals surface area contributed by atoms with Crippen LogP contribution in [-0.2, 0) is 4.74 Å². The van der Waals surface area contributed by atoms with Crippen molar-refractivity contribution in [3.63, 3.8) is 0 Å². The van der Waals surface area contributed by atoms with E-state index in [4.69, 9.17) is 14.2 Å². The average Bonchev–Trinajstić information content (AvgIpc) is 3.08. The Balaban J connectivity index is 2.24. The monoisotopic (exact) mass is 317 g/mol. The average molecular weight is 317 g/mol. The van der Waals surface area contributed by atoms with E-state index in [-0.39, 0.29) is 18.2 Å². The molecule has 1 aliphatic heterocycles. The molecule has 0 spiro atoms. The number of hydrogen-bond donors (Lipinski definition) is 2. The molecule has 8 heteroatoms. The van der Waals surface area contributed by atoms with E-state index in [1.165, 1.54) is 31.8 Å². The molecule has 2 N–H and O–H groups in total. The minimum atomic E-state index is -0.484. The number of ether oxygens (including phenoxy) is 3. The third-order valence-electron chi connectivity index (χ3n) is 3.46. The highest BCUT2D eigenvalue weighted by Crippen LogP contribution is 2.44. The van der Waals surface area contributed by atoms with E-state index in [1.807, 2.05) is 0 Å². The maximum absolute atomic E-state index is 12.1. The van der Waals surface area contributed by atoms with Gasteiger partial charge in [-0.1, -0.05) is 6.07 Å². The fourth-order valence-electron chi connectivity index (χ4n) is 2.41. The van der Waals surface area contributed by atoms with Crippen molar-refractivity contribution >= 4 is 12.1 Å². The van der Waals surface area contributed by atoms with Crippen molar-refractivity contribution in [3.8, 4) is 28.4 Å². The van der Waals surface area contributed by atoms with Crippen molar-refractivity contribution in [1.82, 2.24) is 4.98 Å². The van der Waals surface area contributed by atoms with E-state index in [9.17, 15) is 9.90 Å². The summed E-state index contributed by atoms with van der Waals surface area (Å²) in [4.78, 5) is 14.7. The minimum absolute atomic E-state index is 0.00999. The van der Waals surface area contributed by atoms with Crippen LogP contribution in [0.1, 0.15) is 0 Å². The second-order valence-corrected chi connectivity index (χ2v) is 4.68. The van der Waals surface area contributed by atoms with Crippen molar-refractivity contribution in [2.24, 2.45) is 5.10 Å². The molecule has 2 aromatic rings. The summed E-state index contributed by atoms with van der Waals surface area (Å²) in [6.07, 6.45) is 2.61. The molecule has 23 heavy (non-hydrogen) atoms. The molecule has 1 aromatic carbocycles. The molecule has 0 atom stereocenters. The molecule has 120 valence electrons. The Bertz CT molecular complexity index is 793. The number of hydrogen-bond acceptors (Lipinski definition) is 7. The smallest absolute Gasteiger partial charge is 0.277 e. The molecule has 0 saturated heterocycles. The van der Waals surface area contributed by atoms with Crippen LogP contribution in [0.25, 0.3) is 11.1 Å². The van der Waals surface area contributed by atoms with Gasteiger partial charge >= 0.3 is 0 Å². The number of benzene rings is 1. The summed E-state index contributed by atoms with van der Waals surface area (Å²) in [6, 6.07) is 5.24. The predicted molar refractivity (Wildman–Crippen MR) is 84.2 cm³/mol. The summed E-state index contributed by atoms with van der Waals surface area (Å²) < 4.78 is 15.7. The second kappa shape index (κ2) is 5.91. The highest BCUT2D eigenvalue weighted by atomic mass is 16.5. The molecule has 0 bridgehead atoms. The summed E-state index contributed by atoms with van der Waals surface area (Å²) in [6.45, 7) is 0.0448. The molecule has 0 aliphatic carbocycles. The molecular weight excluding hydrogens is 302 g/mol. The van der Waals surface area contributed by atoms with Crippen LogP contribution < -0.4 is 20.0 Å². The Morgan fingerprint density at radius 1 is 1.30 bits per heavy atom. The molecule has 0 saturated carbocycles. The van der Waals surface area contributed by atoms with Crippen LogP contribution in [0.5, 0.6) is 17.2 Å². The van der Waals surface area contributed by atoms with Gasteiger partial charge in [0.15, 0.2) is 24.6 Å². The first kappa shape index (κ1) is 14.8. The van der Waals surface area contributed by atoms with Gasteiger partial charge in [0.2, 0.25) is 0 Å². The maximum Gasteiger partial charge on any atom is 0.277 e. The first-order chi connectivity index (χ1) is 11.2. The third-order valence-corrected chi connectivity index (χ3v) is 3.46. The Hall–Kier alpha value is -3.16. The zero-order chi connectivity index (χ0) is 16.4. The molecule has 0 radical (unpaired) electrons. The normalized spacial score (nSPS) is 13.0. The van der Waals surface area contributed by atoms with E-state index in [0.717, 1.165) is 0 Å². The number of aromatic nitrogens is 1. The maximum atomic E-state index is 12.1. The SMILES string of the molecule is COc1cccc(OC)c1-c1c[nH]c(=O)c(N2COC=N2)c1O. The number of methoxy groups -OCH3 is 2. The first-order valence-electron chi connectivity index (χ1n) is 6.75. The lowest BCUT2D eigenvalue weighted by molar-refractivity contribution is 0.348. The molecule has 3 rings (SSSR count). The fourth-order valence-corrected chi connectivity index (χ4v) is 2.41. The number of anilines is 1. The highest BCUT2D eigenvalue weighted by molar-refractivity contribution is 5.84. The zero-order valence-electron chi connectivity index (χ0n) is 12.6. The van der Waals surface area contributed by atoms with Crippen LogP contribution in [0.2, 0.25) is 0 Å². The molecule has 1 aromatic heterocycles. The molecule has 0 fully saturated rings. The topological polar surface area (TPSA) is 96.4 Å². The van der Waals surface area contributed by atoms with Gasteiger partial charge in [0, 0.05) is 11.8 Å². The lowest BCUT2D eigenvalue weighted by Crippen LogP contribution is -2.22. The predicted octanol–water partition coefficient (Wildman–Crippen LogP) is 1.50. The lowest BCUT2D eigenvalue weighted by Gasteiger charge is -2.17. The van der Waals surface area contributed by atoms with Crippen molar-refractivity contribution in [3.05, 3.63) is 34.7 Å². The Labute approximate surface area is 131 Å². The van der Waals surface area contributed by atoms with Crippen molar-refractivity contribution in [2.45, 2.75) is 0 Å². The van der Waals surface area contributed by atoms with Gasteiger partial charge in [0.05, 0.1) is 19.8 Å². The summed E-state index contributed by atoms with van der Waals surface area (Å²) in [5.74, 6) is 0.761. The molecule has 1 aliphatic rings. The quantitative estimate of drug-likeness (QED) is 0.887. The molecule has 2 heterocycles. The molecule has 0 amide bonds. The number of hydrazone groups is 1. The van der Waals surface area contributed by atoms with Gasteiger partial charge in [0.1, 0.15) is 11.5 Å². The van der Waals surface area contributed by atoms with Crippen LogP contribution in [0.3, 0.4) is 0 Å². The van der Waals surface area contributed by atoms with E-state index in [0.29, 0.717) is 22.6 Å². The van der Waals surface area contributed by atoms with E-state index in [2.05, 4.69) is 10.1 Å². The van der Waals surface area contributed by atoms with Crippen LogP contribution in [-0.4, -0.2) is 37.4 Å². The fraction of sp³-hybridized carbons (Fsp3) is 0.200. The van der Waals surface area contributed by atoms with Gasteiger partial charge in [-0.05, 0) is 12.1 Å². The van der Waals surface area contributed by atoms with Gasteiger partial charge in [0.25, 0.3) is 5.56 Å². The summed E-state index contributed by atoms with van der Waals surface area (Å²) >= 11 is 0. The molecule has 8 nitrogen and oxygen atoms in total. The van der Waals surface area contributed by atoms with Crippen LogP contribution >= 0.6 is 0 Å². The van der Waals surface area contributed by atoms with Gasteiger partial charge in [-0.15, -0.1) is 5.10 Å². The number of aromatic amines is 1. The van der Waals surface area contributed by atoms with Crippen molar-refractivity contribution < 1.29 is 19.3 Å². The van der Waals surface area contributed by atoms with E-state index in [1.54, 1.807) is 18.2 Å². The highest BCUT2D eigenvalue weighted by Gasteiger charge is 2.24. The lowest BCUT2D eigenvalue weighted by atomic mass is 10.0. The van der Waals surface area contributed by atoms with Crippen LogP contribution in [0, 0.1) is 0 Å². The Kier molecular flexibility index (Phi) is 3.80. The minimum Gasteiger partial charge on any atom is -0.505 e. The van der Waals surface area contributed by atoms with Gasteiger partial charge in [-0.2, -0.15) is 0 Å². The largest absolute Gasteiger partial charge is 0.505 e. The van der Waals surface area contributed by atoms with Crippen LogP contribution in [0.15, 0.2) is 34.3 Å². The number of rotatable bonds is 4. The Morgan fingerprint density at radius 3 is 2.57 bits per heavy atom. The van der Waals surface area contributed by atoms with E-state index >= 15 is 0 Å². The Morgan fingerprint density at radius 2 is 2.00 bits per heavy atom. The standard InChI is InChI=1S/C15H15N3O5/c1-21-10-4-3-5-11(22-2)12(10)9-6-16-15(20)13(14(9)19)18-8-23-7-17-18/h3-7H,8H2,1-2H3,(H2,16,19,20). The first-order valence-corrected chi connectivity index (χ1v) is 6.75. The summed E-state index contributed by atoms with van der Waals surface area (Å²) in [7, 11) is 3.03. The number of nitrogens with one attached hydrogen (secondary N) is 1. The van der Waals surface area contributed by atoms with Crippen LogP contribution in [0.4, 0.5) is 5.69 Å². The summed E-state index contributed by atoms with van der Waals surface area (Å²) in [5, 5.41) is 15.8. The third kappa shape index (κ3) is 2.44. The van der Waals surface area contributed by atoms with Crippen molar-refractivity contribution in [1.29, 1.82) is 0 Å². The number of nitrogens with zero attached hydrogens (tertiary/aromatic N) is 2. The van der Waals surface area contributed by atoms with Gasteiger partial charge in [-0.25, -0.2) is 5.01 Å². The zero-order valence-corrected chi connectivity index (χ0v) is 12.6. The molecular formula is C15H15N3O5. The number of aromatic hydroxyl groups is 1. The van der Waals surface area contributed by atoms with Gasteiger partial charge in [-0.3, -0.25) is 4.79 Å². The second-order valence-electron chi connectivity index (χ2n) is 4.68. The summed E-state index contributed by atoms with van der Waals surface area (Å²) in [5.41, 5.74) is 0.388. The number of H-pyrrole nitrogens is 1. The molecule has 0 unspecified atom stereocenters. The van der Waals surface area contributed by atoms with E-state index < -0.39 is 5.56 Å². The van der Waals surface area contributed by atoms with Crippen molar-refractivity contribution in [2.75, 3.05) is 26.0 Å². The number of pyridine rings is 1.